The molecule has 0 unspecified atom stereocenters. The number of hydrogen-bond donors (Lipinski definition) is 1. The van der Waals surface area contributed by atoms with Gasteiger partial charge in [-0.15, -0.1) is 5.10 Å². The van der Waals surface area contributed by atoms with Gasteiger partial charge in [-0.05, 0) is 23.7 Å². The largest absolute Gasteiger partial charge is 0.384 e. The third kappa shape index (κ3) is 1.26. The van der Waals surface area contributed by atoms with Crippen molar-refractivity contribution in [2.45, 2.75) is 0 Å². The van der Waals surface area contributed by atoms with Crippen LogP contribution in [0.2, 0.25) is 0 Å². The van der Waals surface area contributed by atoms with E-state index in [1.165, 1.54) is 11.5 Å². The number of nitrogens with two attached hydrogens (primary N) is 1. The summed E-state index contributed by atoms with van der Waals surface area (Å²) in [5, 5.41) is 3.74. The second-order valence-electron chi connectivity index (χ2n) is 2.25. The molecule has 0 amide bonds. The third-order valence-electron chi connectivity index (χ3n) is 1.43. The first-order valence-electron chi connectivity index (χ1n) is 3.35. The first-order chi connectivity index (χ1) is 5.86. The lowest BCUT2D eigenvalue weighted by Crippen LogP contribution is -1.88. The Kier molecular flexibility index (Phi) is 1.71. The van der Waals surface area contributed by atoms with Crippen LogP contribution >= 0.6 is 11.5 Å². The summed E-state index contributed by atoms with van der Waals surface area (Å²) in [6.07, 6.45) is 3.38. The molecule has 60 valence electrons. The monoisotopic (exact) mass is 178 g/mol. The molecule has 4 nitrogen and oxygen atoms in total. The van der Waals surface area contributed by atoms with Gasteiger partial charge in [-0.2, -0.15) is 0 Å². The molecular formula is C7H6N4S. The highest BCUT2D eigenvalue weighted by Gasteiger charge is 1.99. The molecule has 12 heavy (non-hydrogen) atoms. The van der Waals surface area contributed by atoms with Crippen LogP contribution in [0.15, 0.2) is 24.5 Å². The van der Waals surface area contributed by atoms with Gasteiger partial charge in [0.15, 0.2) is 0 Å². The number of nitrogen functional groups attached to an aromatic ring is 1. The first kappa shape index (κ1) is 7.17. The summed E-state index contributed by atoms with van der Waals surface area (Å²) in [7, 11) is 0. The Labute approximate surface area is 73.2 Å². The first-order valence-corrected chi connectivity index (χ1v) is 4.13. The molecule has 0 radical (unpaired) electrons. The van der Waals surface area contributed by atoms with E-state index < -0.39 is 0 Å². The van der Waals surface area contributed by atoms with Crippen molar-refractivity contribution < 1.29 is 0 Å². The molecule has 0 fully saturated rings. The van der Waals surface area contributed by atoms with Crippen molar-refractivity contribution in [2.75, 3.05) is 5.73 Å². The topological polar surface area (TPSA) is 64.7 Å². The predicted octanol–water partition coefficient (Wildman–Crippen LogP) is 1.18. The highest BCUT2D eigenvalue weighted by Crippen LogP contribution is 2.21. The molecule has 0 aliphatic rings. The van der Waals surface area contributed by atoms with Crippen molar-refractivity contribution in [1.82, 2.24) is 14.6 Å². The quantitative estimate of drug-likeness (QED) is 0.712. The van der Waals surface area contributed by atoms with Gasteiger partial charge in [-0.1, -0.05) is 4.49 Å². The van der Waals surface area contributed by atoms with Gasteiger partial charge in [0.1, 0.15) is 5.82 Å². The number of hydrogen-bond acceptors (Lipinski definition) is 5. The van der Waals surface area contributed by atoms with Gasteiger partial charge in [0.25, 0.3) is 0 Å². The average Bonchev–Trinajstić information content (AvgIpc) is 2.56. The predicted molar refractivity (Wildman–Crippen MR) is 47.6 cm³/mol. The van der Waals surface area contributed by atoms with Crippen molar-refractivity contribution >= 4 is 17.4 Å². The van der Waals surface area contributed by atoms with Crippen molar-refractivity contribution in [1.29, 1.82) is 0 Å². The van der Waals surface area contributed by atoms with Crippen LogP contribution in [-0.2, 0) is 0 Å². The minimum Gasteiger partial charge on any atom is -0.384 e. The molecule has 2 N–H and O–H groups in total. The summed E-state index contributed by atoms with van der Waals surface area (Å²) < 4.78 is 3.76. The van der Waals surface area contributed by atoms with E-state index in [2.05, 4.69) is 14.6 Å². The van der Waals surface area contributed by atoms with Crippen LogP contribution in [0.1, 0.15) is 0 Å². The molecule has 0 aromatic carbocycles. The maximum atomic E-state index is 5.52. The SMILES string of the molecule is Nc1cc(-c2cnns2)ccn1. The van der Waals surface area contributed by atoms with E-state index in [0.29, 0.717) is 5.82 Å². The van der Waals surface area contributed by atoms with Gasteiger partial charge < -0.3 is 5.73 Å². The van der Waals surface area contributed by atoms with Gasteiger partial charge in [-0.3, -0.25) is 0 Å². The molecule has 0 atom stereocenters. The summed E-state index contributed by atoms with van der Waals surface area (Å²) in [5.41, 5.74) is 6.53. The van der Waals surface area contributed by atoms with Crippen molar-refractivity contribution in [3.8, 4) is 10.4 Å². The Bertz CT molecular complexity index is 371. The summed E-state index contributed by atoms with van der Waals surface area (Å²) in [6, 6.07) is 3.68. The molecule has 0 bridgehead atoms. The molecule has 2 rings (SSSR count). The Hall–Kier alpha value is -1.49. The fourth-order valence-electron chi connectivity index (χ4n) is 0.896. The maximum absolute atomic E-state index is 5.52. The molecular weight excluding hydrogens is 172 g/mol. The van der Waals surface area contributed by atoms with E-state index in [9.17, 15) is 0 Å². The van der Waals surface area contributed by atoms with E-state index in [-0.39, 0.29) is 0 Å². The Morgan fingerprint density at radius 3 is 3.00 bits per heavy atom. The zero-order valence-corrected chi connectivity index (χ0v) is 6.95. The number of nitrogens with zero attached hydrogens (tertiary/aromatic N) is 3. The maximum Gasteiger partial charge on any atom is 0.123 e. The zero-order chi connectivity index (χ0) is 8.39. The zero-order valence-electron chi connectivity index (χ0n) is 6.14. The van der Waals surface area contributed by atoms with Gasteiger partial charge >= 0.3 is 0 Å². The van der Waals surface area contributed by atoms with Gasteiger partial charge in [0.05, 0.1) is 11.1 Å². The Balaban J connectivity index is 2.48. The van der Waals surface area contributed by atoms with Gasteiger partial charge in [-0.25, -0.2) is 4.98 Å². The van der Waals surface area contributed by atoms with Crippen LogP contribution in [0.3, 0.4) is 0 Å². The summed E-state index contributed by atoms with van der Waals surface area (Å²) in [5.74, 6) is 0.515. The van der Waals surface area contributed by atoms with Crippen LogP contribution in [0.5, 0.6) is 0 Å². The smallest absolute Gasteiger partial charge is 0.123 e. The molecule has 0 aliphatic heterocycles. The van der Waals surface area contributed by atoms with Crippen LogP contribution < -0.4 is 5.73 Å². The van der Waals surface area contributed by atoms with Crippen LogP contribution in [-0.4, -0.2) is 14.6 Å². The lowest BCUT2D eigenvalue weighted by molar-refractivity contribution is 1.16. The Morgan fingerprint density at radius 1 is 1.42 bits per heavy atom. The number of pyridine rings is 1. The molecule has 2 heterocycles. The Morgan fingerprint density at radius 2 is 2.33 bits per heavy atom. The summed E-state index contributed by atoms with van der Waals surface area (Å²) in [6.45, 7) is 0. The highest BCUT2D eigenvalue weighted by molar-refractivity contribution is 7.09. The van der Waals surface area contributed by atoms with Crippen LogP contribution in [0.25, 0.3) is 10.4 Å². The normalized spacial score (nSPS) is 10.0. The van der Waals surface area contributed by atoms with E-state index in [0.717, 1.165) is 10.4 Å². The number of rotatable bonds is 1. The van der Waals surface area contributed by atoms with Crippen molar-refractivity contribution in [2.24, 2.45) is 0 Å². The molecule has 2 aromatic heterocycles. The summed E-state index contributed by atoms with van der Waals surface area (Å²) in [4.78, 5) is 4.90. The molecule has 0 saturated carbocycles. The van der Waals surface area contributed by atoms with E-state index in [1.54, 1.807) is 18.5 Å². The lowest BCUT2D eigenvalue weighted by atomic mass is 10.2. The van der Waals surface area contributed by atoms with E-state index in [1.807, 2.05) is 6.07 Å². The van der Waals surface area contributed by atoms with Crippen molar-refractivity contribution in [3.63, 3.8) is 0 Å². The molecule has 2 aromatic rings. The minimum absolute atomic E-state index is 0.515. The molecule has 0 spiro atoms. The molecule has 5 heteroatoms. The minimum atomic E-state index is 0.515. The van der Waals surface area contributed by atoms with Crippen LogP contribution in [0.4, 0.5) is 5.82 Å². The fraction of sp³-hybridized carbons (Fsp3) is 0. The second kappa shape index (κ2) is 2.86. The van der Waals surface area contributed by atoms with Crippen molar-refractivity contribution in [3.05, 3.63) is 24.5 Å². The standard InChI is InChI=1S/C7H6N4S/c8-7-3-5(1-2-9-7)6-4-10-11-12-6/h1-4H,(H2,8,9). The number of aromatic nitrogens is 3. The average molecular weight is 178 g/mol. The summed E-state index contributed by atoms with van der Waals surface area (Å²) >= 11 is 1.34. The lowest BCUT2D eigenvalue weighted by Gasteiger charge is -1.95. The second-order valence-corrected chi connectivity index (χ2v) is 3.04. The number of anilines is 1. The van der Waals surface area contributed by atoms with Gasteiger partial charge in [0.2, 0.25) is 0 Å². The van der Waals surface area contributed by atoms with E-state index in [4.69, 9.17) is 5.73 Å². The third-order valence-corrected chi connectivity index (χ3v) is 2.14. The fourth-order valence-corrected chi connectivity index (χ4v) is 1.40. The van der Waals surface area contributed by atoms with Crippen LogP contribution in [0, 0.1) is 0 Å². The van der Waals surface area contributed by atoms with E-state index >= 15 is 0 Å². The highest BCUT2D eigenvalue weighted by atomic mass is 32.1. The molecule has 0 saturated heterocycles. The molecule has 0 aliphatic carbocycles. The van der Waals surface area contributed by atoms with Gasteiger partial charge in [0, 0.05) is 11.8 Å².